The molecule has 0 radical (unpaired) electrons. The minimum atomic E-state index is -0.720. The third-order valence-electron chi connectivity index (χ3n) is 6.70. The van der Waals surface area contributed by atoms with E-state index in [1.807, 2.05) is 0 Å². The molecule has 0 aliphatic carbocycles. The van der Waals surface area contributed by atoms with Crippen molar-refractivity contribution < 1.29 is 27.8 Å². The molecule has 0 N–H and O–H groups in total. The molecule has 0 spiro atoms. The normalized spacial score (nSPS) is 15.7. The molecule has 200 valence electrons. The van der Waals surface area contributed by atoms with E-state index in [1.54, 1.807) is 11.1 Å². The molecule has 0 bridgehead atoms. The Labute approximate surface area is 218 Å². The van der Waals surface area contributed by atoms with E-state index >= 15 is 0 Å². The monoisotopic (exact) mass is 526 g/mol. The summed E-state index contributed by atoms with van der Waals surface area (Å²) >= 11 is 0. The van der Waals surface area contributed by atoms with Crippen molar-refractivity contribution in [3.63, 3.8) is 0 Å². The molecule has 5 rings (SSSR count). The van der Waals surface area contributed by atoms with Crippen LogP contribution in [0.2, 0.25) is 0 Å². The number of halogens is 2. The van der Waals surface area contributed by atoms with Crippen molar-refractivity contribution in [3.05, 3.63) is 47.4 Å². The lowest BCUT2D eigenvalue weighted by Crippen LogP contribution is -2.40. The molecule has 2 aromatic heterocycles. The van der Waals surface area contributed by atoms with Crippen LogP contribution in [0.3, 0.4) is 0 Å². The molecule has 1 fully saturated rings. The topological polar surface area (TPSA) is 103 Å². The van der Waals surface area contributed by atoms with Gasteiger partial charge in [0.2, 0.25) is 5.91 Å². The number of hydrogen-bond donors (Lipinski definition) is 0. The van der Waals surface area contributed by atoms with E-state index < -0.39 is 11.6 Å². The summed E-state index contributed by atoms with van der Waals surface area (Å²) in [7, 11) is 2.96. The van der Waals surface area contributed by atoms with Gasteiger partial charge in [-0.05, 0) is 12.1 Å². The Morgan fingerprint density at radius 2 is 1.76 bits per heavy atom. The van der Waals surface area contributed by atoms with Crippen molar-refractivity contribution in [2.45, 2.75) is 38.8 Å². The zero-order valence-electron chi connectivity index (χ0n) is 21.4. The van der Waals surface area contributed by atoms with E-state index in [0.29, 0.717) is 68.3 Å². The van der Waals surface area contributed by atoms with E-state index in [4.69, 9.17) is 24.2 Å². The third-order valence-corrected chi connectivity index (χ3v) is 6.70. The van der Waals surface area contributed by atoms with Gasteiger partial charge in [-0.1, -0.05) is 0 Å². The van der Waals surface area contributed by atoms with Crippen LogP contribution in [0, 0.1) is 11.6 Å². The summed E-state index contributed by atoms with van der Waals surface area (Å²) in [6, 6.07) is 3.31. The molecule has 10 nitrogen and oxygen atoms in total. The molecule has 1 amide bonds. The highest BCUT2D eigenvalue weighted by Crippen LogP contribution is 2.34. The molecule has 0 unspecified atom stereocenters. The third kappa shape index (κ3) is 5.15. The number of rotatable bonds is 6. The van der Waals surface area contributed by atoms with Crippen molar-refractivity contribution in [1.82, 2.24) is 24.8 Å². The summed E-state index contributed by atoms with van der Waals surface area (Å²) in [5, 5.41) is 0. The number of hydrogen-bond acceptors (Lipinski definition) is 9. The molecule has 38 heavy (non-hydrogen) atoms. The van der Waals surface area contributed by atoms with Crippen molar-refractivity contribution >= 4 is 11.7 Å². The molecule has 2 aliphatic heterocycles. The largest absolute Gasteiger partial charge is 0.487 e. The first-order valence-corrected chi connectivity index (χ1v) is 12.3. The molecule has 2 aliphatic rings. The Balaban J connectivity index is 1.44. The molecule has 12 heteroatoms. The van der Waals surface area contributed by atoms with Gasteiger partial charge in [0.15, 0.2) is 17.4 Å². The van der Waals surface area contributed by atoms with Gasteiger partial charge < -0.3 is 24.0 Å². The Bertz CT molecular complexity index is 1350. The van der Waals surface area contributed by atoms with Crippen LogP contribution in [0.5, 0.6) is 17.5 Å². The second kappa shape index (κ2) is 10.7. The van der Waals surface area contributed by atoms with E-state index in [9.17, 15) is 13.6 Å². The Hall–Kier alpha value is -4.09. The lowest BCUT2D eigenvalue weighted by molar-refractivity contribution is -0.129. The first-order chi connectivity index (χ1) is 18.4. The number of anilines is 1. The fourth-order valence-corrected chi connectivity index (χ4v) is 4.67. The van der Waals surface area contributed by atoms with Crippen molar-refractivity contribution in [1.29, 1.82) is 0 Å². The quantitative estimate of drug-likeness (QED) is 0.479. The number of aromatic nitrogens is 4. The molecule has 3 aromatic rings. The van der Waals surface area contributed by atoms with Crippen LogP contribution in [0.4, 0.5) is 14.6 Å². The summed E-state index contributed by atoms with van der Waals surface area (Å²) in [5.74, 6) is -0.238. The summed E-state index contributed by atoms with van der Waals surface area (Å²) in [6.07, 6.45) is 3.12. The highest BCUT2D eigenvalue weighted by atomic mass is 19.1. The number of nitrogens with zero attached hydrogens (tertiary/aromatic N) is 6. The number of benzene rings is 1. The molecular weight excluding hydrogens is 498 g/mol. The maximum atomic E-state index is 14.1. The molecular formula is C26H28F2N6O4. The van der Waals surface area contributed by atoms with Crippen LogP contribution in [0.15, 0.2) is 24.4 Å². The van der Waals surface area contributed by atoms with E-state index in [-0.39, 0.29) is 29.5 Å². The zero-order valence-corrected chi connectivity index (χ0v) is 21.4. The summed E-state index contributed by atoms with van der Waals surface area (Å²) in [4.78, 5) is 34.6. The Morgan fingerprint density at radius 1 is 1.00 bits per heavy atom. The van der Waals surface area contributed by atoms with Crippen LogP contribution in [-0.4, -0.2) is 70.7 Å². The van der Waals surface area contributed by atoms with Gasteiger partial charge >= 0.3 is 0 Å². The fraction of sp³-hybridized carbons (Fsp3) is 0.423. The van der Waals surface area contributed by atoms with Crippen molar-refractivity contribution in [3.8, 4) is 28.9 Å². The summed E-state index contributed by atoms with van der Waals surface area (Å²) < 4.78 is 43.8. The van der Waals surface area contributed by atoms with Gasteiger partial charge in [-0.3, -0.25) is 4.79 Å². The van der Waals surface area contributed by atoms with Gasteiger partial charge in [-0.15, -0.1) is 0 Å². The number of piperidine rings is 1. The van der Waals surface area contributed by atoms with E-state index in [1.165, 1.54) is 33.3 Å². The molecule has 1 saturated heterocycles. The number of amides is 1. The molecule has 0 atom stereocenters. The maximum absolute atomic E-state index is 14.1. The Kier molecular flexibility index (Phi) is 7.21. The minimum absolute atomic E-state index is 0.0198. The standard InChI is InChI=1S/C26H28F2N6O4/c1-15(35)34-11-8-19-21(14-34)30-23(20-13-29-25(36-2)26(32-20)37-3)24(31-19)33-9-6-17(7-10-33)38-22-5-4-16(27)12-18(22)28/h4-5,12-13,17H,6-11,14H2,1-3H3. The summed E-state index contributed by atoms with van der Waals surface area (Å²) in [6.45, 7) is 3.63. The highest BCUT2D eigenvalue weighted by molar-refractivity contribution is 5.74. The summed E-state index contributed by atoms with van der Waals surface area (Å²) in [5.41, 5.74) is 2.53. The number of fused-ring (bicyclic) bond motifs is 1. The van der Waals surface area contributed by atoms with Crippen molar-refractivity contribution in [2.24, 2.45) is 0 Å². The predicted molar refractivity (Wildman–Crippen MR) is 133 cm³/mol. The number of carbonyl (C=O) groups is 1. The van der Waals surface area contributed by atoms with Gasteiger partial charge in [0.1, 0.15) is 23.3 Å². The van der Waals surface area contributed by atoms with Gasteiger partial charge in [0.05, 0.1) is 38.3 Å². The van der Waals surface area contributed by atoms with E-state index in [0.717, 1.165) is 11.8 Å². The van der Waals surface area contributed by atoms with Gasteiger partial charge in [0, 0.05) is 51.9 Å². The second-order valence-corrected chi connectivity index (χ2v) is 9.13. The van der Waals surface area contributed by atoms with Crippen LogP contribution in [0.1, 0.15) is 31.2 Å². The number of carbonyl (C=O) groups excluding carboxylic acids is 1. The van der Waals surface area contributed by atoms with Crippen LogP contribution in [0.25, 0.3) is 11.4 Å². The number of methoxy groups -OCH3 is 2. The highest BCUT2D eigenvalue weighted by Gasteiger charge is 2.29. The lowest BCUT2D eigenvalue weighted by atomic mass is 10.1. The molecule has 1 aromatic carbocycles. The Morgan fingerprint density at radius 3 is 2.45 bits per heavy atom. The smallest absolute Gasteiger partial charge is 0.278 e. The number of ether oxygens (including phenoxy) is 3. The average Bonchev–Trinajstić information content (AvgIpc) is 2.93. The zero-order chi connectivity index (χ0) is 26.8. The first kappa shape index (κ1) is 25.6. The van der Waals surface area contributed by atoms with Crippen molar-refractivity contribution in [2.75, 3.05) is 38.8 Å². The van der Waals surface area contributed by atoms with Gasteiger partial charge in [-0.25, -0.2) is 28.7 Å². The fourth-order valence-electron chi connectivity index (χ4n) is 4.67. The minimum Gasteiger partial charge on any atom is -0.487 e. The SMILES string of the molecule is COc1ncc(-c2nc3c(nc2N2CCC(Oc4ccc(F)cc4F)CC2)CCN(C(C)=O)C3)nc1OC. The maximum Gasteiger partial charge on any atom is 0.278 e. The second-order valence-electron chi connectivity index (χ2n) is 9.13. The average molecular weight is 527 g/mol. The van der Waals surface area contributed by atoms with Crippen LogP contribution >= 0.6 is 0 Å². The van der Waals surface area contributed by atoms with E-state index in [2.05, 4.69) is 14.9 Å². The molecule has 4 heterocycles. The predicted octanol–water partition coefficient (Wildman–Crippen LogP) is 3.18. The lowest BCUT2D eigenvalue weighted by Gasteiger charge is -2.35. The van der Waals surface area contributed by atoms with Gasteiger partial charge in [-0.2, -0.15) is 0 Å². The van der Waals surface area contributed by atoms with Crippen LogP contribution in [-0.2, 0) is 17.8 Å². The van der Waals surface area contributed by atoms with Crippen LogP contribution < -0.4 is 19.1 Å². The first-order valence-electron chi connectivity index (χ1n) is 12.3. The van der Waals surface area contributed by atoms with Gasteiger partial charge in [0.25, 0.3) is 11.8 Å². The molecule has 0 saturated carbocycles.